The highest BCUT2D eigenvalue weighted by Gasteiger charge is 1.94. The molecule has 0 N–H and O–H groups in total. The molecule has 0 atom stereocenters. The van der Waals surface area contributed by atoms with Crippen molar-refractivity contribution in [1.29, 1.82) is 0 Å². The predicted octanol–water partition coefficient (Wildman–Crippen LogP) is 1.04. The molecule has 0 heterocycles. The van der Waals surface area contributed by atoms with E-state index in [-0.39, 0.29) is 5.97 Å². The minimum atomic E-state index is -0.348. The summed E-state index contributed by atoms with van der Waals surface area (Å²) in [5.41, 5.74) is 0. The smallest absolute Gasteiger partial charge is 0.331 e. The summed E-state index contributed by atoms with van der Waals surface area (Å²) < 4.78 is 4.46. The Balaban J connectivity index is 3.96. The molecule has 4 heteroatoms. The summed E-state index contributed by atoms with van der Waals surface area (Å²) in [7, 11) is 1.35. The van der Waals surface area contributed by atoms with Crippen LogP contribution in [0.1, 0.15) is 13.8 Å². The number of esters is 1. The average Bonchev–Trinajstić information content (AvgIpc) is 2.17. The first kappa shape index (κ1) is 11.7. The Kier molecular flexibility index (Phi) is 6.59. The molecule has 0 aromatic rings. The first-order chi connectivity index (χ1) is 6.24. The molecule has 0 fully saturated rings. The molecule has 0 aromatic carbocycles. The molecule has 0 spiro atoms. The zero-order valence-corrected chi connectivity index (χ0v) is 8.36. The topological polar surface area (TPSA) is 41.9 Å². The molecule has 0 aliphatic heterocycles. The van der Waals surface area contributed by atoms with Gasteiger partial charge >= 0.3 is 5.97 Å². The van der Waals surface area contributed by atoms with Gasteiger partial charge in [-0.15, -0.1) is 0 Å². The molecule has 0 bridgehead atoms. The summed E-state index contributed by atoms with van der Waals surface area (Å²) in [6.07, 6.45) is 4.79. The van der Waals surface area contributed by atoms with Gasteiger partial charge in [0.15, 0.2) is 0 Å². The van der Waals surface area contributed by atoms with Crippen molar-refractivity contribution in [3.8, 4) is 0 Å². The SMILES string of the molecule is C/C=N\CN(/C=C/C(=O)OC)CC. The summed E-state index contributed by atoms with van der Waals surface area (Å²) in [4.78, 5) is 16.7. The lowest BCUT2D eigenvalue weighted by atomic mass is 10.5. The Morgan fingerprint density at radius 2 is 2.31 bits per heavy atom. The van der Waals surface area contributed by atoms with Crippen molar-refractivity contribution >= 4 is 12.2 Å². The van der Waals surface area contributed by atoms with Crippen LogP contribution in [-0.2, 0) is 9.53 Å². The molecule has 0 radical (unpaired) electrons. The van der Waals surface area contributed by atoms with E-state index >= 15 is 0 Å². The predicted molar refractivity (Wildman–Crippen MR) is 52.6 cm³/mol. The van der Waals surface area contributed by atoms with Gasteiger partial charge in [0.1, 0.15) is 6.67 Å². The van der Waals surface area contributed by atoms with Crippen molar-refractivity contribution in [3.63, 3.8) is 0 Å². The monoisotopic (exact) mass is 184 g/mol. The lowest BCUT2D eigenvalue weighted by Crippen LogP contribution is -2.17. The van der Waals surface area contributed by atoms with E-state index in [4.69, 9.17) is 0 Å². The average molecular weight is 184 g/mol. The van der Waals surface area contributed by atoms with Crippen LogP contribution < -0.4 is 0 Å². The number of nitrogens with zero attached hydrogens (tertiary/aromatic N) is 2. The van der Waals surface area contributed by atoms with Crippen molar-refractivity contribution in [2.75, 3.05) is 20.3 Å². The molecule has 0 unspecified atom stereocenters. The van der Waals surface area contributed by atoms with Crippen molar-refractivity contribution in [2.45, 2.75) is 13.8 Å². The van der Waals surface area contributed by atoms with E-state index in [0.717, 1.165) is 6.54 Å². The minimum absolute atomic E-state index is 0.348. The van der Waals surface area contributed by atoms with Crippen LogP contribution in [0.5, 0.6) is 0 Å². The van der Waals surface area contributed by atoms with E-state index < -0.39 is 0 Å². The van der Waals surface area contributed by atoms with E-state index in [1.54, 1.807) is 12.4 Å². The highest BCUT2D eigenvalue weighted by atomic mass is 16.5. The van der Waals surface area contributed by atoms with E-state index in [9.17, 15) is 4.79 Å². The maximum Gasteiger partial charge on any atom is 0.331 e. The molecule has 0 aromatic heterocycles. The van der Waals surface area contributed by atoms with E-state index in [0.29, 0.717) is 6.67 Å². The fourth-order valence-electron chi connectivity index (χ4n) is 0.673. The van der Waals surface area contributed by atoms with Crippen molar-refractivity contribution in [2.24, 2.45) is 4.99 Å². The zero-order chi connectivity index (χ0) is 10.1. The van der Waals surface area contributed by atoms with Gasteiger partial charge in [-0.3, -0.25) is 4.99 Å². The number of aliphatic imine (C=N–C) groups is 1. The van der Waals surface area contributed by atoms with Gasteiger partial charge in [-0.05, 0) is 20.1 Å². The highest BCUT2D eigenvalue weighted by molar-refractivity contribution is 5.81. The van der Waals surface area contributed by atoms with Crippen molar-refractivity contribution < 1.29 is 9.53 Å². The Morgan fingerprint density at radius 3 is 2.77 bits per heavy atom. The Hall–Kier alpha value is -1.32. The first-order valence-electron chi connectivity index (χ1n) is 4.19. The summed E-state index contributed by atoms with van der Waals surface area (Å²) >= 11 is 0. The molecule has 0 aliphatic carbocycles. The zero-order valence-electron chi connectivity index (χ0n) is 8.36. The van der Waals surface area contributed by atoms with Gasteiger partial charge < -0.3 is 9.64 Å². The number of rotatable bonds is 5. The lowest BCUT2D eigenvalue weighted by Gasteiger charge is -2.13. The molecule has 13 heavy (non-hydrogen) atoms. The van der Waals surface area contributed by atoms with Crippen LogP contribution in [0.2, 0.25) is 0 Å². The fraction of sp³-hybridized carbons (Fsp3) is 0.556. The second kappa shape index (κ2) is 7.34. The van der Waals surface area contributed by atoms with Crippen LogP contribution >= 0.6 is 0 Å². The maximum atomic E-state index is 10.7. The molecule has 0 saturated carbocycles. The van der Waals surface area contributed by atoms with Gasteiger partial charge in [0.25, 0.3) is 0 Å². The van der Waals surface area contributed by atoms with Gasteiger partial charge in [-0.25, -0.2) is 4.79 Å². The number of carbonyl (C=O) groups is 1. The third kappa shape index (κ3) is 5.90. The number of carbonyl (C=O) groups excluding carboxylic acids is 1. The van der Waals surface area contributed by atoms with Crippen LogP contribution in [0.15, 0.2) is 17.3 Å². The third-order valence-corrected chi connectivity index (χ3v) is 1.47. The van der Waals surface area contributed by atoms with E-state index in [2.05, 4.69) is 9.73 Å². The van der Waals surface area contributed by atoms with Crippen molar-refractivity contribution in [3.05, 3.63) is 12.3 Å². The number of hydrogen-bond donors (Lipinski definition) is 0. The highest BCUT2D eigenvalue weighted by Crippen LogP contribution is 1.90. The second-order valence-electron chi connectivity index (χ2n) is 2.33. The molecular weight excluding hydrogens is 168 g/mol. The summed E-state index contributed by atoms with van der Waals surface area (Å²) in [6, 6.07) is 0. The standard InChI is InChI=1S/C9H16N2O2/c1-4-10-8-11(5-2)7-6-9(12)13-3/h4,6-7H,5,8H2,1-3H3/b7-6+,10-4-. The van der Waals surface area contributed by atoms with Crippen LogP contribution in [0.4, 0.5) is 0 Å². The molecule has 0 rings (SSSR count). The van der Waals surface area contributed by atoms with E-state index in [1.807, 2.05) is 18.7 Å². The molecular formula is C9H16N2O2. The molecule has 0 saturated heterocycles. The number of ether oxygens (including phenoxy) is 1. The summed E-state index contributed by atoms with van der Waals surface area (Å²) in [5.74, 6) is -0.348. The Bertz CT molecular complexity index is 200. The molecule has 74 valence electrons. The first-order valence-corrected chi connectivity index (χ1v) is 4.19. The summed E-state index contributed by atoms with van der Waals surface area (Å²) in [5, 5.41) is 0. The van der Waals surface area contributed by atoms with Crippen LogP contribution in [0, 0.1) is 0 Å². The molecule has 0 aliphatic rings. The third-order valence-electron chi connectivity index (χ3n) is 1.47. The van der Waals surface area contributed by atoms with Crippen LogP contribution in [0.3, 0.4) is 0 Å². The van der Waals surface area contributed by atoms with Crippen LogP contribution in [-0.4, -0.2) is 37.4 Å². The van der Waals surface area contributed by atoms with Crippen LogP contribution in [0.25, 0.3) is 0 Å². The number of methoxy groups -OCH3 is 1. The second-order valence-corrected chi connectivity index (χ2v) is 2.33. The summed E-state index contributed by atoms with van der Waals surface area (Å²) in [6.45, 7) is 5.23. The van der Waals surface area contributed by atoms with Gasteiger partial charge in [0.05, 0.1) is 7.11 Å². The fourth-order valence-corrected chi connectivity index (χ4v) is 0.673. The maximum absolute atomic E-state index is 10.7. The largest absolute Gasteiger partial charge is 0.466 e. The van der Waals surface area contributed by atoms with Gasteiger partial charge in [-0.1, -0.05) is 0 Å². The quantitative estimate of drug-likeness (QED) is 0.364. The molecule has 4 nitrogen and oxygen atoms in total. The minimum Gasteiger partial charge on any atom is -0.466 e. The lowest BCUT2D eigenvalue weighted by molar-refractivity contribution is -0.134. The van der Waals surface area contributed by atoms with Gasteiger partial charge in [0.2, 0.25) is 0 Å². The Labute approximate surface area is 78.9 Å². The van der Waals surface area contributed by atoms with Crippen molar-refractivity contribution in [1.82, 2.24) is 4.90 Å². The van der Waals surface area contributed by atoms with E-state index in [1.165, 1.54) is 13.2 Å². The number of hydrogen-bond acceptors (Lipinski definition) is 4. The van der Waals surface area contributed by atoms with Gasteiger partial charge in [0, 0.05) is 18.8 Å². The normalized spacial score (nSPS) is 11.0. The van der Waals surface area contributed by atoms with Gasteiger partial charge in [-0.2, -0.15) is 0 Å². The Morgan fingerprint density at radius 1 is 1.62 bits per heavy atom. The molecule has 0 amide bonds.